The molecule has 3 heterocycles. The lowest BCUT2D eigenvalue weighted by Crippen LogP contribution is -2.38. The van der Waals surface area contributed by atoms with E-state index in [-0.39, 0.29) is 18.4 Å². The summed E-state index contributed by atoms with van der Waals surface area (Å²) in [7, 11) is 2.15. The smallest absolute Gasteiger partial charge is 0.114 e. The summed E-state index contributed by atoms with van der Waals surface area (Å²) in [5.41, 5.74) is 7.05. The highest BCUT2D eigenvalue weighted by Gasteiger charge is 2.33. The molecule has 4 rings (SSSR count). The number of nitrogens with one attached hydrogen (secondary N) is 1. The Bertz CT molecular complexity index is 768. The highest BCUT2D eigenvalue weighted by molar-refractivity contribution is 7.09. The zero-order valence-corrected chi connectivity index (χ0v) is 17.6. The zero-order valence-electron chi connectivity index (χ0n) is 15.9. The molecule has 1 N–H and O–H groups in total. The molecule has 0 aliphatic carbocycles. The Morgan fingerprint density at radius 1 is 1.41 bits per heavy atom. The molecule has 0 saturated carbocycles. The van der Waals surface area contributed by atoms with Crippen molar-refractivity contribution in [2.45, 2.75) is 45.1 Å². The van der Waals surface area contributed by atoms with E-state index in [9.17, 15) is 4.39 Å². The number of anilines is 1. The van der Waals surface area contributed by atoms with Gasteiger partial charge in [-0.15, -0.1) is 23.7 Å². The van der Waals surface area contributed by atoms with Gasteiger partial charge in [-0.05, 0) is 37.9 Å². The lowest BCUT2D eigenvalue weighted by atomic mass is 10.1. The van der Waals surface area contributed by atoms with Crippen LogP contribution in [-0.4, -0.2) is 53.7 Å². The molecule has 7 heteroatoms. The van der Waals surface area contributed by atoms with Gasteiger partial charge in [-0.2, -0.15) is 0 Å². The molecule has 4 nitrogen and oxygen atoms in total. The maximum atomic E-state index is 14.1. The minimum atomic E-state index is -0.718. The number of aromatic nitrogens is 1. The number of hydrogen-bond acceptors (Lipinski definition) is 5. The molecule has 148 valence electrons. The van der Waals surface area contributed by atoms with E-state index in [0.29, 0.717) is 13.0 Å². The predicted octanol–water partition coefficient (Wildman–Crippen LogP) is 3.89. The van der Waals surface area contributed by atoms with Crippen LogP contribution in [0.25, 0.3) is 0 Å². The second-order valence-electron chi connectivity index (χ2n) is 7.60. The summed E-state index contributed by atoms with van der Waals surface area (Å²) < 4.78 is 14.1. The Balaban J connectivity index is 0.00000210. The van der Waals surface area contributed by atoms with Crippen molar-refractivity contribution in [1.29, 1.82) is 0 Å². The number of rotatable bonds is 6. The van der Waals surface area contributed by atoms with E-state index in [1.54, 1.807) is 11.3 Å². The number of para-hydroxylation sites is 1. The van der Waals surface area contributed by atoms with Crippen LogP contribution in [-0.2, 0) is 19.5 Å². The molecular formula is C20H28ClFN4S. The van der Waals surface area contributed by atoms with Gasteiger partial charge in [-0.1, -0.05) is 18.2 Å². The molecule has 2 aliphatic heterocycles. The summed E-state index contributed by atoms with van der Waals surface area (Å²) in [6, 6.07) is 6.84. The lowest BCUT2D eigenvalue weighted by Gasteiger charge is -2.28. The first-order valence-corrected chi connectivity index (χ1v) is 10.3. The SMILES string of the molecule is Cc1ncsc1CN1C[C@@H](F)C[C@H]1CN(C)Cc1cccc2c1NCC2.Cl. The fourth-order valence-corrected chi connectivity index (χ4v) is 5.03. The summed E-state index contributed by atoms with van der Waals surface area (Å²) in [6.45, 7) is 6.22. The lowest BCUT2D eigenvalue weighted by molar-refractivity contribution is 0.181. The fourth-order valence-electron chi connectivity index (χ4n) is 4.23. The van der Waals surface area contributed by atoms with E-state index in [0.717, 1.165) is 38.3 Å². The molecule has 1 aromatic heterocycles. The van der Waals surface area contributed by atoms with E-state index in [4.69, 9.17) is 0 Å². The quantitative estimate of drug-likeness (QED) is 0.782. The third-order valence-corrected chi connectivity index (χ3v) is 6.48. The van der Waals surface area contributed by atoms with Crippen molar-refractivity contribution >= 4 is 29.4 Å². The maximum Gasteiger partial charge on any atom is 0.114 e. The first-order chi connectivity index (χ1) is 12.6. The van der Waals surface area contributed by atoms with Crippen LogP contribution in [0.2, 0.25) is 0 Å². The van der Waals surface area contributed by atoms with Crippen LogP contribution in [0.5, 0.6) is 0 Å². The molecule has 1 saturated heterocycles. The van der Waals surface area contributed by atoms with Crippen molar-refractivity contribution in [3.63, 3.8) is 0 Å². The van der Waals surface area contributed by atoms with Gasteiger partial charge in [0.2, 0.25) is 0 Å². The molecule has 0 spiro atoms. The largest absolute Gasteiger partial charge is 0.384 e. The van der Waals surface area contributed by atoms with Crippen LogP contribution in [0.4, 0.5) is 10.1 Å². The monoisotopic (exact) mass is 410 g/mol. The highest BCUT2D eigenvalue weighted by Crippen LogP contribution is 2.29. The predicted molar refractivity (Wildman–Crippen MR) is 113 cm³/mol. The Labute approximate surface area is 171 Å². The number of nitrogens with zero attached hydrogens (tertiary/aromatic N) is 3. The second-order valence-corrected chi connectivity index (χ2v) is 8.54. The van der Waals surface area contributed by atoms with Gasteiger partial charge in [0, 0.05) is 49.3 Å². The van der Waals surface area contributed by atoms with Crippen LogP contribution in [0, 0.1) is 6.92 Å². The molecule has 27 heavy (non-hydrogen) atoms. The standard InChI is InChI=1S/C20H27FN4S.ClH/c1-14-19(26-13-23-14)12-25-10-17(21)8-18(25)11-24(2)9-16-5-3-4-15-6-7-22-20(15)16;/h3-5,13,17-18,22H,6-12H2,1-2H3;1H/t17-,18-;/m0./s1. The Kier molecular flexibility index (Phi) is 6.74. The van der Waals surface area contributed by atoms with E-state index in [1.807, 2.05) is 12.4 Å². The molecule has 2 aliphatic rings. The first-order valence-electron chi connectivity index (χ1n) is 9.40. The summed E-state index contributed by atoms with van der Waals surface area (Å²) >= 11 is 1.68. The van der Waals surface area contributed by atoms with Gasteiger partial charge < -0.3 is 10.2 Å². The summed E-state index contributed by atoms with van der Waals surface area (Å²) in [6.07, 6.45) is 1.03. The fraction of sp³-hybridized carbons (Fsp3) is 0.550. The van der Waals surface area contributed by atoms with Crippen molar-refractivity contribution in [1.82, 2.24) is 14.8 Å². The number of fused-ring (bicyclic) bond motifs is 1. The van der Waals surface area contributed by atoms with Crippen molar-refractivity contribution in [3.8, 4) is 0 Å². The molecule has 2 atom stereocenters. The van der Waals surface area contributed by atoms with Gasteiger partial charge in [0.25, 0.3) is 0 Å². The van der Waals surface area contributed by atoms with Gasteiger partial charge in [0.15, 0.2) is 0 Å². The number of likely N-dealkylation sites (N-methyl/N-ethyl adjacent to an activating group) is 1. The number of halogens is 2. The molecule has 0 amide bonds. The van der Waals surface area contributed by atoms with E-state index < -0.39 is 6.17 Å². The third-order valence-electron chi connectivity index (χ3n) is 5.56. The molecule has 0 radical (unpaired) electrons. The second kappa shape index (κ2) is 8.86. The Morgan fingerprint density at radius 3 is 3.04 bits per heavy atom. The molecule has 2 aromatic rings. The van der Waals surface area contributed by atoms with E-state index >= 15 is 0 Å². The minimum Gasteiger partial charge on any atom is -0.384 e. The zero-order chi connectivity index (χ0) is 18.1. The number of benzene rings is 1. The molecule has 0 bridgehead atoms. The number of aryl methyl sites for hydroxylation is 1. The van der Waals surface area contributed by atoms with Crippen LogP contribution in [0.15, 0.2) is 23.7 Å². The van der Waals surface area contributed by atoms with Gasteiger partial charge in [-0.3, -0.25) is 4.90 Å². The Morgan fingerprint density at radius 2 is 2.26 bits per heavy atom. The topological polar surface area (TPSA) is 31.4 Å². The molecule has 0 unspecified atom stereocenters. The number of thiazole rings is 1. The first kappa shape index (κ1) is 20.5. The minimum absolute atomic E-state index is 0. The van der Waals surface area contributed by atoms with E-state index in [2.05, 4.69) is 45.3 Å². The number of hydrogen-bond donors (Lipinski definition) is 1. The van der Waals surface area contributed by atoms with Crippen molar-refractivity contribution in [2.24, 2.45) is 0 Å². The van der Waals surface area contributed by atoms with Crippen LogP contribution >= 0.6 is 23.7 Å². The van der Waals surface area contributed by atoms with Crippen molar-refractivity contribution < 1.29 is 4.39 Å². The molecule has 1 aromatic carbocycles. The van der Waals surface area contributed by atoms with Crippen LogP contribution < -0.4 is 5.32 Å². The average Bonchev–Trinajstić information content (AvgIpc) is 3.30. The summed E-state index contributed by atoms with van der Waals surface area (Å²) in [5, 5.41) is 3.52. The number of likely N-dealkylation sites (tertiary alicyclic amines) is 1. The summed E-state index contributed by atoms with van der Waals surface area (Å²) in [4.78, 5) is 10.2. The average molecular weight is 411 g/mol. The summed E-state index contributed by atoms with van der Waals surface area (Å²) in [5.74, 6) is 0. The van der Waals surface area contributed by atoms with Crippen molar-refractivity contribution in [2.75, 3.05) is 32.0 Å². The normalized spacial score (nSPS) is 21.9. The van der Waals surface area contributed by atoms with Gasteiger partial charge in [0.1, 0.15) is 6.17 Å². The van der Waals surface area contributed by atoms with Gasteiger partial charge >= 0.3 is 0 Å². The maximum absolute atomic E-state index is 14.1. The van der Waals surface area contributed by atoms with Gasteiger partial charge in [0.05, 0.1) is 11.2 Å². The Hall–Kier alpha value is -1.21. The van der Waals surface area contributed by atoms with Crippen molar-refractivity contribution in [3.05, 3.63) is 45.4 Å². The van der Waals surface area contributed by atoms with Gasteiger partial charge in [-0.25, -0.2) is 9.37 Å². The van der Waals surface area contributed by atoms with Crippen LogP contribution in [0.3, 0.4) is 0 Å². The third kappa shape index (κ3) is 4.62. The molecular weight excluding hydrogens is 383 g/mol. The number of alkyl halides is 1. The van der Waals surface area contributed by atoms with Crippen LogP contribution in [0.1, 0.15) is 28.1 Å². The highest BCUT2D eigenvalue weighted by atomic mass is 35.5. The van der Waals surface area contributed by atoms with E-state index in [1.165, 1.54) is 21.7 Å². The molecule has 1 fully saturated rings.